The lowest BCUT2D eigenvalue weighted by atomic mass is 9.94. The fraction of sp³-hybridized carbons (Fsp3) is 0.933. The molecule has 1 aliphatic rings. The van der Waals surface area contributed by atoms with Crippen LogP contribution in [0.2, 0.25) is 0 Å². The van der Waals surface area contributed by atoms with Gasteiger partial charge in [0.15, 0.2) is 0 Å². The molecule has 1 rings (SSSR count). The van der Waals surface area contributed by atoms with Crippen molar-refractivity contribution < 1.29 is 9.53 Å². The third kappa shape index (κ3) is 5.91. The molecule has 3 N–H and O–H groups in total. The molecule has 0 spiro atoms. The van der Waals surface area contributed by atoms with Crippen molar-refractivity contribution in [1.29, 1.82) is 0 Å². The molecule has 0 aromatic carbocycles. The van der Waals surface area contributed by atoms with Gasteiger partial charge in [-0.25, -0.2) is 0 Å². The maximum Gasteiger partial charge on any atom is 0.237 e. The third-order valence-corrected chi connectivity index (χ3v) is 4.06. The number of primary amides is 1. The van der Waals surface area contributed by atoms with Gasteiger partial charge in [-0.05, 0) is 59.3 Å². The van der Waals surface area contributed by atoms with Gasteiger partial charge < -0.3 is 15.8 Å². The van der Waals surface area contributed by atoms with Crippen LogP contribution in [-0.4, -0.2) is 29.7 Å². The van der Waals surface area contributed by atoms with E-state index in [2.05, 4.69) is 26.1 Å². The predicted molar refractivity (Wildman–Crippen MR) is 77.9 cm³/mol. The van der Waals surface area contributed by atoms with Crippen LogP contribution in [0.4, 0.5) is 0 Å². The lowest BCUT2D eigenvalue weighted by molar-refractivity contribution is -0.124. The number of nitrogens with one attached hydrogen (secondary N) is 1. The molecule has 4 heteroatoms. The summed E-state index contributed by atoms with van der Waals surface area (Å²) in [5.41, 5.74) is 4.92. The number of carbonyl (C=O) groups excluding carboxylic acids is 1. The quantitative estimate of drug-likeness (QED) is 0.599. The lowest BCUT2D eigenvalue weighted by Crippen LogP contribution is -2.54. The highest BCUT2D eigenvalue weighted by Crippen LogP contribution is 2.25. The van der Waals surface area contributed by atoms with E-state index in [-0.39, 0.29) is 11.5 Å². The first-order valence-electron chi connectivity index (χ1n) is 7.50. The number of carbonyl (C=O) groups is 1. The van der Waals surface area contributed by atoms with E-state index < -0.39 is 5.54 Å². The molecule has 0 heterocycles. The summed E-state index contributed by atoms with van der Waals surface area (Å²) in [4.78, 5) is 11.6. The first-order chi connectivity index (χ1) is 8.79. The van der Waals surface area contributed by atoms with E-state index in [4.69, 9.17) is 10.5 Å². The van der Waals surface area contributed by atoms with Gasteiger partial charge >= 0.3 is 0 Å². The number of nitrogens with two attached hydrogens (primary N) is 1. The molecule has 1 aliphatic carbocycles. The van der Waals surface area contributed by atoms with E-state index in [9.17, 15) is 4.79 Å². The van der Waals surface area contributed by atoms with E-state index in [0.29, 0.717) is 6.04 Å². The maximum atomic E-state index is 11.6. The van der Waals surface area contributed by atoms with Crippen LogP contribution >= 0.6 is 0 Å². The van der Waals surface area contributed by atoms with Gasteiger partial charge in [0, 0.05) is 12.6 Å². The minimum atomic E-state index is -0.554. The molecular weight excluding hydrogens is 240 g/mol. The van der Waals surface area contributed by atoms with Gasteiger partial charge in [0.25, 0.3) is 0 Å². The number of rotatable bonds is 10. The highest BCUT2D eigenvalue weighted by atomic mass is 16.5. The topological polar surface area (TPSA) is 64.3 Å². The Hall–Kier alpha value is -0.610. The Bertz CT molecular complexity index is 301. The Morgan fingerprint density at radius 3 is 2.42 bits per heavy atom. The largest absolute Gasteiger partial charge is 0.376 e. The molecule has 1 unspecified atom stereocenters. The van der Waals surface area contributed by atoms with Gasteiger partial charge in [-0.2, -0.15) is 0 Å². The minimum Gasteiger partial charge on any atom is -0.376 e. The van der Waals surface area contributed by atoms with Crippen molar-refractivity contribution in [2.45, 2.75) is 83.4 Å². The average Bonchev–Trinajstić information content (AvgIpc) is 3.12. The molecular formula is C15H30N2O2. The average molecular weight is 270 g/mol. The summed E-state index contributed by atoms with van der Waals surface area (Å²) in [5.74, 6) is -0.241. The second-order valence-electron chi connectivity index (χ2n) is 6.53. The summed E-state index contributed by atoms with van der Waals surface area (Å²) >= 11 is 0. The molecule has 1 atom stereocenters. The molecule has 0 saturated heterocycles. The van der Waals surface area contributed by atoms with Gasteiger partial charge in [-0.15, -0.1) is 0 Å². The number of unbranched alkanes of at least 4 members (excludes halogenated alkanes) is 1. The van der Waals surface area contributed by atoms with Crippen molar-refractivity contribution in [1.82, 2.24) is 5.32 Å². The summed E-state index contributed by atoms with van der Waals surface area (Å²) in [6.45, 7) is 9.01. The fourth-order valence-electron chi connectivity index (χ4n) is 1.98. The van der Waals surface area contributed by atoms with E-state index in [1.807, 2.05) is 6.92 Å². The molecule has 19 heavy (non-hydrogen) atoms. The van der Waals surface area contributed by atoms with Crippen LogP contribution in [0.25, 0.3) is 0 Å². The molecule has 1 fully saturated rings. The molecule has 1 amide bonds. The summed E-state index contributed by atoms with van der Waals surface area (Å²) < 4.78 is 5.81. The summed E-state index contributed by atoms with van der Waals surface area (Å²) in [6, 6.07) is 0.493. The minimum absolute atomic E-state index is 0.0424. The van der Waals surface area contributed by atoms with Gasteiger partial charge in [-0.1, -0.05) is 6.92 Å². The standard InChI is InChI=1S/C15H30N2O2/c1-5-14(2,3)19-11-7-6-10-15(4,13(16)18)17-12-8-9-12/h12,17H,5-11H2,1-4H3,(H2,16,18). The Morgan fingerprint density at radius 2 is 1.95 bits per heavy atom. The number of amides is 1. The second kappa shape index (κ2) is 6.71. The van der Waals surface area contributed by atoms with Crippen LogP contribution in [0.15, 0.2) is 0 Å². The van der Waals surface area contributed by atoms with E-state index >= 15 is 0 Å². The predicted octanol–water partition coefficient (Wildman–Crippen LogP) is 2.36. The molecule has 0 bridgehead atoms. The Labute approximate surface area is 117 Å². The normalized spacial score (nSPS) is 19.2. The summed E-state index contributed by atoms with van der Waals surface area (Å²) in [6.07, 6.45) is 6.05. The third-order valence-electron chi connectivity index (χ3n) is 4.06. The van der Waals surface area contributed by atoms with Crippen molar-refractivity contribution >= 4 is 5.91 Å². The molecule has 0 aliphatic heterocycles. The zero-order chi connectivity index (χ0) is 14.5. The van der Waals surface area contributed by atoms with E-state index in [1.165, 1.54) is 0 Å². The number of hydrogen-bond acceptors (Lipinski definition) is 3. The fourth-order valence-corrected chi connectivity index (χ4v) is 1.98. The van der Waals surface area contributed by atoms with Crippen LogP contribution in [0.3, 0.4) is 0 Å². The summed E-state index contributed by atoms with van der Waals surface area (Å²) in [5, 5.41) is 3.37. The van der Waals surface area contributed by atoms with Crippen molar-refractivity contribution in [3.63, 3.8) is 0 Å². The highest BCUT2D eigenvalue weighted by Gasteiger charge is 2.36. The SMILES string of the molecule is CCC(C)(C)OCCCCC(C)(NC1CC1)C(N)=O. The van der Waals surface area contributed by atoms with Gasteiger partial charge in [-0.3, -0.25) is 4.79 Å². The Balaban J connectivity index is 2.23. The highest BCUT2D eigenvalue weighted by molar-refractivity contribution is 5.84. The zero-order valence-corrected chi connectivity index (χ0v) is 12.9. The number of ether oxygens (including phenoxy) is 1. The van der Waals surface area contributed by atoms with E-state index in [1.54, 1.807) is 0 Å². The Kier molecular flexibility index (Phi) is 5.81. The van der Waals surface area contributed by atoms with Crippen molar-refractivity contribution in [2.24, 2.45) is 5.73 Å². The van der Waals surface area contributed by atoms with Gasteiger partial charge in [0.1, 0.15) is 0 Å². The first-order valence-corrected chi connectivity index (χ1v) is 7.50. The molecule has 0 aromatic heterocycles. The number of hydrogen-bond donors (Lipinski definition) is 2. The van der Waals surface area contributed by atoms with E-state index in [0.717, 1.165) is 45.1 Å². The van der Waals surface area contributed by atoms with Crippen LogP contribution in [0.1, 0.15) is 66.2 Å². The van der Waals surface area contributed by atoms with Crippen LogP contribution in [-0.2, 0) is 9.53 Å². The van der Waals surface area contributed by atoms with Crippen LogP contribution < -0.4 is 11.1 Å². The summed E-state index contributed by atoms with van der Waals surface area (Å²) in [7, 11) is 0. The molecule has 112 valence electrons. The van der Waals surface area contributed by atoms with Crippen LogP contribution in [0.5, 0.6) is 0 Å². The first kappa shape index (κ1) is 16.4. The molecule has 1 saturated carbocycles. The van der Waals surface area contributed by atoms with Gasteiger partial charge in [0.2, 0.25) is 5.91 Å². The van der Waals surface area contributed by atoms with Crippen molar-refractivity contribution in [3.05, 3.63) is 0 Å². The lowest BCUT2D eigenvalue weighted by Gasteiger charge is -2.28. The van der Waals surface area contributed by atoms with Crippen molar-refractivity contribution in [3.8, 4) is 0 Å². The molecule has 4 nitrogen and oxygen atoms in total. The monoisotopic (exact) mass is 270 g/mol. The maximum absolute atomic E-state index is 11.6. The second-order valence-corrected chi connectivity index (χ2v) is 6.53. The zero-order valence-electron chi connectivity index (χ0n) is 12.9. The van der Waals surface area contributed by atoms with Crippen molar-refractivity contribution in [2.75, 3.05) is 6.61 Å². The van der Waals surface area contributed by atoms with Crippen LogP contribution in [0, 0.1) is 0 Å². The Morgan fingerprint density at radius 1 is 1.32 bits per heavy atom. The van der Waals surface area contributed by atoms with Gasteiger partial charge in [0.05, 0.1) is 11.1 Å². The molecule has 0 aromatic rings. The smallest absolute Gasteiger partial charge is 0.237 e. The molecule has 0 radical (unpaired) electrons.